The van der Waals surface area contributed by atoms with Crippen LogP contribution in [-0.2, 0) is 13.0 Å². The van der Waals surface area contributed by atoms with E-state index in [1.807, 2.05) is 28.8 Å². The Bertz CT molecular complexity index is 965. The lowest BCUT2D eigenvalue weighted by atomic mass is 10.1. The maximum Gasteiger partial charge on any atom is 0.191 e. The van der Waals surface area contributed by atoms with Crippen LogP contribution in [0.25, 0.3) is 5.65 Å². The summed E-state index contributed by atoms with van der Waals surface area (Å²) in [5.41, 5.74) is 3.16. The number of aromatic nitrogens is 3. The van der Waals surface area contributed by atoms with Crippen LogP contribution in [0.1, 0.15) is 37.2 Å². The number of rotatable bonds is 8. The molecule has 1 aromatic carbocycles. The third kappa shape index (κ3) is 5.47. The van der Waals surface area contributed by atoms with Crippen molar-refractivity contribution in [2.24, 2.45) is 4.99 Å². The van der Waals surface area contributed by atoms with E-state index < -0.39 is 0 Å². The minimum atomic E-state index is 0.186. The molecule has 2 heterocycles. The van der Waals surface area contributed by atoms with Gasteiger partial charge in [0.1, 0.15) is 11.6 Å². The Hall–Kier alpha value is -3.09. The fourth-order valence-corrected chi connectivity index (χ4v) is 2.97. The lowest BCUT2D eigenvalue weighted by molar-refractivity contribution is 0.215. The zero-order valence-electron chi connectivity index (χ0n) is 17.6. The molecule has 3 aromatic rings. The molecular formula is C22H30N6O. The monoisotopic (exact) mass is 394 g/mol. The molecule has 0 saturated heterocycles. The van der Waals surface area contributed by atoms with Crippen LogP contribution in [0.4, 0.5) is 0 Å². The first-order valence-electron chi connectivity index (χ1n) is 10.1. The average molecular weight is 395 g/mol. The minimum absolute atomic E-state index is 0.186. The lowest BCUT2D eigenvalue weighted by Crippen LogP contribution is -2.38. The van der Waals surface area contributed by atoms with E-state index in [0.717, 1.165) is 41.6 Å². The molecule has 0 amide bonds. The van der Waals surface area contributed by atoms with E-state index in [4.69, 9.17) is 4.74 Å². The highest BCUT2D eigenvalue weighted by Gasteiger charge is 2.09. The van der Waals surface area contributed by atoms with Gasteiger partial charge in [-0.2, -0.15) is 0 Å². The summed E-state index contributed by atoms with van der Waals surface area (Å²) in [7, 11) is 1.77. The summed E-state index contributed by atoms with van der Waals surface area (Å²) >= 11 is 0. The van der Waals surface area contributed by atoms with Crippen LogP contribution in [0.2, 0.25) is 0 Å². The molecule has 7 heteroatoms. The molecule has 1 unspecified atom stereocenters. The first kappa shape index (κ1) is 20.6. The largest absolute Gasteiger partial charge is 0.490 e. The van der Waals surface area contributed by atoms with Crippen LogP contribution in [-0.4, -0.2) is 40.3 Å². The van der Waals surface area contributed by atoms with Crippen molar-refractivity contribution < 1.29 is 4.74 Å². The molecule has 0 saturated carbocycles. The van der Waals surface area contributed by atoms with Gasteiger partial charge in [0.2, 0.25) is 0 Å². The van der Waals surface area contributed by atoms with Crippen LogP contribution in [0, 0.1) is 6.92 Å². The van der Waals surface area contributed by atoms with Gasteiger partial charge in [0.15, 0.2) is 11.6 Å². The van der Waals surface area contributed by atoms with Crippen molar-refractivity contribution in [3.05, 3.63) is 59.5 Å². The van der Waals surface area contributed by atoms with Gasteiger partial charge in [-0.25, -0.2) is 0 Å². The van der Waals surface area contributed by atoms with Gasteiger partial charge in [0.25, 0.3) is 0 Å². The number of hydrogen-bond donors (Lipinski definition) is 2. The van der Waals surface area contributed by atoms with Crippen LogP contribution >= 0.6 is 0 Å². The van der Waals surface area contributed by atoms with Crippen molar-refractivity contribution in [2.75, 3.05) is 13.6 Å². The van der Waals surface area contributed by atoms with Gasteiger partial charge in [-0.15, -0.1) is 10.2 Å². The Balaban J connectivity index is 1.55. The molecule has 29 heavy (non-hydrogen) atoms. The number of aliphatic imine (C=N–C) groups is 1. The van der Waals surface area contributed by atoms with Gasteiger partial charge < -0.3 is 15.4 Å². The molecule has 0 aliphatic carbocycles. The number of guanidine groups is 1. The van der Waals surface area contributed by atoms with E-state index in [2.05, 4.69) is 64.8 Å². The van der Waals surface area contributed by atoms with Crippen LogP contribution < -0.4 is 15.4 Å². The molecule has 2 N–H and O–H groups in total. The summed E-state index contributed by atoms with van der Waals surface area (Å²) < 4.78 is 8.10. The second-order valence-electron chi connectivity index (χ2n) is 7.10. The van der Waals surface area contributed by atoms with Crippen molar-refractivity contribution in [1.29, 1.82) is 0 Å². The number of fused-ring (bicyclic) bond motifs is 1. The molecule has 1 atom stereocenters. The smallest absolute Gasteiger partial charge is 0.191 e. The van der Waals surface area contributed by atoms with Gasteiger partial charge in [-0.1, -0.05) is 25.1 Å². The molecule has 2 aromatic heterocycles. The average Bonchev–Trinajstić information content (AvgIpc) is 3.14. The van der Waals surface area contributed by atoms with Gasteiger partial charge in [0, 0.05) is 38.3 Å². The van der Waals surface area contributed by atoms with Crippen LogP contribution in [0.3, 0.4) is 0 Å². The number of ether oxygens (including phenoxy) is 1. The number of benzene rings is 1. The summed E-state index contributed by atoms with van der Waals surface area (Å²) in [5, 5.41) is 15.2. The van der Waals surface area contributed by atoms with E-state index in [1.54, 1.807) is 7.05 Å². The second-order valence-corrected chi connectivity index (χ2v) is 7.10. The topological polar surface area (TPSA) is 75.8 Å². The van der Waals surface area contributed by atoms with Gasteiger partial charge in [-0.3, -0.25) is 9.39 Å². The van der Waals surface area contributed by atoms with E-state index in [9.17, 15) is 0 Å². The molecule has 7 nitrogen and oxygen atoms in total. The van der Waals surface area contributed by atoms with E-state index in [-0.39, 0.29) is 6.10 Å². The maximum absolute atomic E-state index is 6.09. The van der Waals surface area contributed by atoms with Crippen molar-refractivity contribution in [1.82, 2.24) is 25.2 Å². The Kier molecular flexibility index (Phi) is 7.05. The van der Waals surface area contributed by atoms with Crippen molar-refractivity contribution in [2.45, 2.75) is 46.3 Å². The highest BCUT2D eigenvalue weighted by Crippen LogP contribution is 2.22. The Morgan fingerprint density at radius 2 is 2.07 bits per heavy atom. The first-order chi connectivity index (χ1) is 14.1. The molecule has 0 aliphatic rings. The lowest BCUT2D eigenvalue weighted by Gasteiger charge is -2.18. The van der Waals surface area contributed by atoms with Gasteiger partial charge in [0.05, 0.1) is 6.10 Å². The Morgan fingerprint density at radius 3 is 2.86 bits per heavy atom. The zero-order chi connectivity index (χ0) is 20.6. The predicted octanol–water partition coefficient (Wildman–Crippen LogP) is 3.12. The number of aryl methyl sites for hydroxylation is 1. The number of nitrogens with zero attached hydrogens (tertiary/aromatic N) is 4. The second kappa shape index (κ2) is 9.91. The van der Waals surface area contributed by atoms with Crippen molar-refractivity contribution in [3.8, 4) is 5.75 Å². The summed E-state index contributed by atoms with van der Waals surface area (Å²) in [6.07, 6.45) is 3.89. The molecule has 0 radical (unpaired) electrons. The van der Waals surface area contributed by atoms with Gasteiger partial charge >= 0.3 is 0 Å². The standard InChI is InChI=1S/C22H30N6O/c1-5-17(3)29-19-14-16(2)9-10-18(19)15-25-22(23-4)24-12-11-21-27-26-20-8-6-7-13-28(20)21/h6-10,13-14,17H,5,11-12,15H2,1-4H3,(H2,23,24,25). The molecule has 0 aliphatic heterocycles. The van der Waals surface area contributed by atoms with E-state index >= 15 is 0 Å². The highest BCUT2D eigenvalue weighted by molar-refractivity contribution is 5.79. The maximum atomic E-state index is 6.09. The Morgan fingerprint density at radius 1 is 1.21 bits per heavy atom. The zero-order valence-corrected chi connectivity index (χ0v) is 17.6. The first-order valence-corrected chi connectivity index (χ1v) is 10.1. The fourth-order valence-electron chi connectivity index (χ4n) is 2.97. The van der Waals surface area contributed by atoms with Crippen molar-refractivity contribution >= 4 is 11.6 Å². The summed E-state index contributed by atoms with van der Waals surface area (Å²) in [5.74, 6) is 2.59. The van der Waals surface area contributed by atoms with E-state index in [1.165, 1.54) is 5.56 Å². The minimum Gasteiger partial charge on any atom is -0.490 e. The Labute approximate surface area is 172 Å². The molecule has 154 valence electrons. The predicted molar refractivity (Wildman–Crippen MR) is 116 cm³/mol. The third-order valence-electron chi connectivity index (χ3n) is 4.82. The fraction of sp³-hybridized carbons (Fsp3) is 0.409. The quantitative estimate of drug-likeness (QED) is 0.453. The highest BCUT2D eigenvalue weighted by atomic mass is 16.5. The molecule has 0 spiro atoms. The molecular weight excluding hydrogens is 364 g/mol. The van der Waals surface area contributed by atoms with Gasteiger partial charge in [-0.05, 0) is 44.0 Å². The number of hydrogen-bond acceptors (Lipinski definition) is 4. The molecule has 0 fully saturated rings. The number of nitrogens with one attached hydrogen (secondary N) is 2. The molecule has 3 rings (SSSR count). The van der Waals surface area contributed by atoms with Crippen LogP contribution in [0.15, 0.2) is 47.6 Å². The number of pyridine rings is 1. The summed E-state index contributed by atoms with van der Waals surface area (Å²) in [4.78, 5) is 4.32. The van der Waals surface area contributed by atoms with E-state index in [0.29, 0.717) is 13.1 Å². The van der Waals surface area contributed by atoms with Crippen molar-refractivity contribution in [3.63, 3.8) is 0 Å². The van der Waals surface area contributed by atoms with Crippen LogP contribution in [0.5, 0.6) is 5.75 Å². The normalized spacial score (nSPS) is 12.8. The third-order valence-corrected chi connectivity index (χ3v) is 4.82. The summed E-state index contributed by atoms with van der Waals surface area (Å²) in [6, 6.07) is 12.2. The SMILES string of the molecule is CCC(C)Oc1cc(C)ccc1CNC(=NC)NCCc1nnc2ccccn12. The summed E-state index contributed by atoms with van der Waals surface area (Å²) in [6.45, 7) is 7.64. The molecule has 0 bridgehead atoms.